The van der Waals surface area contributed by atoms with Crippen molar-refractivity contribution < 1.29 is 23.8 Å². The molecule has 1 atom stereocenters. The molecule has 0 amide bonds. The van der Waals surface area contributed by atoms with E-state index in [1.165, 1.54) is 0 Å². The highest BCUT2D eigenvalue weighted by Crippen LogP contribution is 2.17. The van der Waals surface area contributed by atoms with Crippen molar-refractivity contribution in [1.29, 1.82) is 0 Å². The maximum Gasteiger partial charge on any atom is 0.337 e. The highest BCUT2D eigenvalue weighted by molar-refractivity contribution is 5.80. The molecule has 0 bridgehead atoms. The molecule has 0 radical (unpaired) electrons. The molecule has 17 heavy (non-hydrogen) atoms. The second-order valence-electron chi connectivity index (χ2n) is 4.00. The van der Waals surface area contributed by atoms with Crippen molar-refractivity contribution in [3.8, 4) is 0 Å². The van der Waals surface area contributed by atoms with Crippen LogP contribution in [-0.2, 0) is 23.8 Å². The van der Waals surface area contributed by atoms with Crippen LogP contribution in [0.5, 0.6) is 0 Å². The second kappa shape index (κ2) is 7.27. The molecule has 5 nitrogen and oxygen atoms in total. The van der Waals surface area contributed by atoms with Gasteiger partial charge >= 0.3 is 11.9 Å². The number of hydrogen-bond donors (Lipinski definition) is 0. The quantitative estimate of drug-likeness (QED) is 0.640. The first kappa shape index (κ1) is 15.9. The zero-order chi connectivity index (χ0) is 13.5. The molecule has 0 aromatic carbocycles. The van der Waals surface area contributed by atoms with Crippen LogP contribution in [0, 0.1) is 0 Å². The van der Waals surface area contributed by atoms with Gasteiger partial charge < -0.3 is 14.2 Å². The molecule has 0 rings (SSSR count). The van der Waals surface area contributed by atoms with Crippen molar-refractivity contribution in [1.82, 2.24) is 0 Å². The summed E-state index contributed by atoms with van der Waals surface area (Å²) in [7, 11) is 0. The fourth-order valence-corrected chi connectivity index (χ4v) is 1.24. The van der Waals surface area contributed by atoms with Crippen LogP contribution >= 0.6 is 0 Å². The minimum absolute atomic E-state index is 0.280. The Kier molecular flexibility index (Phi) is 6.80. The molecular formula is C12H22O5. The van der Waals surface area contributed by atoms with E-state index in [0.717, 1.165) is 0 Å². The molecule has 0 spiro atoms. The zero-order valence-corrected chi connectivity index (χ0v) is 11.2. The summed E-state index contributed by atoms with van der Waals surface area (Å²) in [6.45, 7) is 8.96. The average molecular weight is 246 g/mol. The van der Waals surface area contributed by atoms with Crippen LogP contribution in [0.2, 0.25) is 0 Å². The van der Waals surface area contributed by atoms with E-state index in [9.17, 15) is 9.59 Å². The lowest BCUT2D eigenvalue weighted by atomic mass is 10.1. The third-order valence-electron chi connectivity index (χ3n) is 2.12. The molecule has 0 fully saturated rings. The number of esters is 2. The summed E-state index contributed by atoms with van der Waals surface area (Å²) in [5, 5.41) is 0. The van der Waals surface area contributed by atoms with Crippen molar-refractivity contribution >= 4 is 11.9 Å². The molecule has 0 saturated carbocycles. The summed E-state index contributed by atoms with van der Waals surface area (Å²) >= 11 is 0. The van der Waals surface area contributed by atoms with Crippen LogP contribution in [0.15, 0.2) is 0 Å². The molecule has 0 aliphatic rings. The molecular weight excluding hydrogens is 224 g/mol. The van der Waals surface area contributed by atoms with Gasteiger partial charge in [0.15, 0.2) is 11.7 Å². The van der Waals surface area contributed by atoms with Gasteiger partial charge in [-0.05, 0) is 34.1 Å². The largest absolute Gasteiger partial charge is 0.464 e. The van der Waals surface area contributed by atoms with E-state index in [4.69, 9.17) is 14.2 Å². The Hall–Kier alpha value is -1.10. The fraction of sp³-hybridized carbons (Fsp3) is 0.833. The van der Waals surface area contributed by atoms with Gasteiger partial charge in [0.1, 0.15) is 0 Å². The Morgan fingerprint density at radius 3 is 2.00 bits per heavy atom. The number of carbonyl (C=O) groups is 2. The lowest BCUT2D eigenvalue weighted by Gasteiger charge is -2.27. The Labute approximate surface area is 102 Å². The minimum atomic E-state index is -1.15. The number of ether oxygens (including phenoxy) is 3. The highest BCUT2D eigenvalue weighted by atomic mass is 16.6. The Morgan fingerprint density at radius 1 is 1.06 bits per heavy atom. The smallest absolute Gasteiger partial charge is 0.337 e. The first-order chi connectivity index (χ1) is 7.88. The lowest BCUT2D eigenvalue weighted by Crippen LogP contribution is -2.43. The van der Waals surface area contributed by atoms with Crippen molar-refractivity contribution in [3.63, 3.8) is 0 Å². The molecule has 0 aromatic rings. The summed E-state index contributed by atoms with van der Waals surface area (Å²) in [5.74, 6) is -0.935. The van der Waals surface area contributed by atoms with E-state index in [1.54, 1.807) is 34.6 Å². The molecule has 100 valence electrons. The molecule has 0 aliphatic heterocycles. The zero-order valence-electron chi connectivity index (χ0n) is 11.2. The Bertz CT molecular complexity index is 260. The molecule has 0 heterocycles. The van der Waals surface area contributed by atoms with Gasteiger partial charge in [0, 0.05) is 0 Å². The summed E-state index contributed by atoms with van der Waals surface area (Å²) in [6.07, 6.45) is -0.295. The predicted molar refractivity (Wildman–Crippen MR) is 62.5 cm³/mol. The Morgan fingerprint density at radius 2 is 1.59 bits per heavy atom. The number of rotatable bonds is 7. The van der Waals surface area contributed by atoms with E-state index in [1.807, 2.05) is 0 Å². The normalized spacial score (nSPS) is 13.0. The van der Waals surface area contributed by atoms with Gasteiger partial charge in [0.05, 0.1) is 13.2 Å². The van der Waals surface area contributed by atoms with Crippen LogP contribution in [0.4, 0.5) is 0 Å². The molecule has 1 unspecified atom stereocenters. The maximum atomic E-state index is 11.6. The van der Waals surface area contributed by atoms with Gasteiger partial charge in [-0.25, -0.2) is 9.59 Å². The minimum Gasteiger partial charge on any atom is -0.464 e. The first-order valence-electron chi connectivity index (χ1n) is 5.90. The molecule has 0 N–H and O–H groups in total. The molecule has 0 aliphatic carbocycles. The topological polar surface area (TPSA) is 61.8 Å². The van der Waals surface area contributed by atoms with E-state index >= 15 is 0 Å². The number of hydrogen-bond acceptors (Lipinski definition) is 5. The van der Waals surface area contributed by atoms with Gasteiger partial charge in [-0.1, -0.05) is 6.92 Å². The van der Waals surface area contributed by atoms with Gasteiger partial charge in [-0.15, -0.1) is 0 Å². The Balaban J connectivity index is 4.54. The summed E-state index contributed by atoms with van der Waals surface area (Å²) in [5.41, 5.74) is -1.15. The monoisotopic (exact) mass is 246 g/mol. The predicted octanol–water partition coefficient (Wildman–Crippen LogP) is 1.69. The SMILES string of the molecule is CCOC(=O)C(CC)OC(C)(C)C(=O)OCC. The van der Waals surface area contributed by atoms with E-state index in [-0.39, 0.29) is 6.61 Å². The van der Waals surface area contributed by atoms with Crippen LogP contribution in [0.1, 0.15) is 41.0 Å². The average Bonchev–Trinajstić information content (AvgIpc) is 2.26. The summed E-state index contributed by atoms with van der Waals surface area (Å²) in [6, 6.07) is 0. The number of carbonyl (C=O) groups excluding carboxylic acids is 2. The van der Waals surface area contributed by atoms with Crippen LogP contribution in [0.3, 0.4) is 0 Å². The van der Waals surface area contributed by atoms with Gasteiger partial charge in [0.25, 0.3) is 0 Å². The van der Waals surface area contributed by atoms with Gasteiger partial charge in [0.2, 0.25) is 0 Å². The van der Waals surface area contributed by atoms with E-state index in [2.05, 4.69) is 0 Å². The first-order valence-corrected chi connectivity index (χ1v) is 5.90. The van der Waals surface area contributed by atoms with Crippen molar-refractivity contribution in [2.24, 2.45) is 0 Å². The van der Waals surface area contributed by atoms with Crippen LogP contribution in [-0.4, -0.2) is 36.9 Å². The standard InChI is InChI=1S/C12H22O5/c1-6-9(10(13)15-7-2)17-12(4,5)11(14)16-8-3/h9H,6-8H2,1-5H3. The van der Waals surface area contributed by atoms with E-state index < -0.39 is 23.6 Å². The van der Waals surface area contributed by atoms with Crippen molar-refractivity contribution in [3.05, 3.63) is 0 Å². The van der Waals surface area contributed by atoms with Gasteiger partial charge in [-0.2, -0.15) is 0 Å². The van der Waals surface area contributed by atoms with Gasteiger partial charge in [-0.3, -0.25) is 0 Å². The van der Waals surface area contributed by atoms with E-state index in [0.29, 0.717) is 13.0 Å². The third-order valence-corrected chi connectivity index (χ3v) is 2.12. The molecule has 0 saturated heterocycles. The summed E-state index contributed by atoms with van der Waals surface area (Å²) < 4.78 is 15.2. The maximum absolute atomic E-state index is 11.6. The molecule has 0 aromatic heterocycles. The summed E-state index contributed by atoms with van der Waals surface area (Å²) in [4.78, 5) is 23.1. The fourth-order valence-electron chi connectivity index (χ4n) is 1.24. The lowest BCUT2D eigenvalue weighted by molar-refractivity contribution is -0.184. The van der Waals surface area contributed by atoms with Crippen LogP contribution in [0.25, 0.3) is 0 Å². The third kappa shape index (κ3) is 5.17. The highest BCUT2D eigenvalue weighted by Gasteiger charge is 2.35. The van der Waals surface area contributed by atoms with Crippen LogP contribution < -0.4 is 0 Å². The second-order valence-corrected chi connectivity index (χ2v) is 4.00. The molecule has 5 heteroatoms. The van der Waals surface area contributed by atoms with Crippen molar-refractivity contribution in [2.45, 2.75) is 52.7 Å². The van der Waals surface area contributed by atoms with Crippen molar-refractivity contribution in [2.75, 3.05) is 13.2 Å².